The molecular formula is C19H19FN4. The van der Waals surface area contributed by atoms with Crippen LogP contribution in [0.5, 0.6) is 0 Å². The normalized spacial score (nSPS) is 13.8. The van der Waals surface area contributed by atoms with E-state index in [1.807, 2.05) is 11.6 Å². The topological polar surface area (TPSA) is 34.0 Å². The molecule has 1 aliphatic rings. The molecule has 0 N–H and O–H groups in total. The summed E-state index contributed by atoms with van der Waals surface area (Å²) in [6, 6.07) is 15.1. The third kappa shape index (κ3) is 2.77. The summed E-state index contributed by atoms with van der Waals surface area (Å²) in [6.07, 6.45) is 1.67. The van der Waals surface area contributed by atoms with Crippen molar-refractivity contribution >= 4 is 5.95 Å². The molecule has 0 amide bonds. The largest absolute Gasteiger partial charge is 0.336 e. The van der Waals surface area contributed by atoms with E-state index in [1.165, 1.54) is 23.3 Å². The van der Waals surface area contributed by atoms with Gasteiger partial charge < -0.3 is 9.47 Å². The third-order valence-electron chi connectivity index (χ3n) is 4.63. The highest BCUT2D eigenvalue weighted by Crippen LogP contribution is 2.23. The van der Waals surface area contributed by atoms with Gasteiger partial charge in [-0.05, 0) is 35.2 Å². The molecule has 122 valence electrons. The smallest absolute Gasteiger partial charge is 0.227 e. The summed E-state index contributed by atoms with van der Waals surface area (Å²) in [5.41, 5.74) is 3.80. The van der Waals surface area contributed by atoms with Gasteiger partial charge >= 0.3 is 0 Å². The second-order valence-electron chi connectivity index (χ2n) is 6.22. The number of hydrogen-bond donors (Lipinski definition) is 0. The van der Waals surface area contributed by atoms with Gasteiger partial charge in [0.1, 0.15) is 11.6 Å². The fourth-order valence-corrected chi connectivity index (χ4v) is 3.23. The highest BCUT2D eigenvalue weighted by Gasteiger charge is 2.21. The molecule has 0 saturated carbocycles. The Morgan fingerprint density at radius 1 is 1.00 bits per heavy atom. The van der Waals surface area contributed by atoms with E-state index in [0.29, 0.717) is 6.42 Å². The van der Waals surface area contributed by atoms with Gasteiger partial charge in [0.2, 0.25) is 5.95 Å². The molecule has 3 aromatic rings. The Balaban J connectivity index is 1.55. The van der Waals surface area contributed by atoms with Gasteiger partial charge in [0.25, 0.3) is 0 Å². The maximum absolute atomic E-state index is 13.0. The molecule has 0 radical (unpaired) electrons. The van der Waals surface area contributed by atoms with Crippen molar-refractivity contribution in [1.82, 2.24) is 14.8 Å². The van der Waals surface area contributed by atoms with Crippen LogP contribution >= 0.6 is 0 Å². The number of hydrogen-bond acceptors (Lipinski definition) is 3. The fraction of sp³-hybridized carbons (Fsp3) is 0.263. The quantitative estimate of drug-likeness (QED) is 0.743. The van der Waals surface area contributed by atoms with Gasteiger partial charge in [-0.3, -0.25) is 0 Å². The lowest BCUT2D eigenvalue weighted by molar-refractivity contribution is 0.627. The highest BCUT2D eigenvalue weighted by atomic mass is 19.1. The molecule has 4 nitrogen and oxygen atoms in total. The van der Waals surface area contributed by atoms with E-state index in [-0.39, 0.29) is 5.82 Å². The predicted octanol–water partition coefficient (Wildman–Crippen LogP) is 3.11. The van der Waals surface area contributed by atoms with Crippen LogP contribution in [0.15, 0.2) is 48.5 Å². The van der Waals surface area contributed by atoms with Crippen molar-refractivity contribution in [2.24, 2.45) is 7.05 Å². The molecule has 4 rings (SSSR count). The zero-order valence-electron chi connectivity index (χ0n) is 13.6. The summed E-state index contributed by atoms with van der Waals surface area (Å²) < 4.78 is 15.1. The van der Waals surface area contributed by atoms with Gasteiger partial charge in [-0.2, -0.15) is 0 Å². The summed E-state index contributed by atoms with van der Waals surface area (Å²) in [5, 5.41) is 8.73. The first-order chi connectivity index (χ1) is 11.7. The number of halogens is 1. The van der Waals surface area contributed by atoms with E-state index in [4.69, 9.17) is 0 Å². The summed E-state index contributed by atoms with van der Waals surface area (Å²) >= 11 is 0. The number of anilines is 1. The zero-order chi connectivity index (χ0) is 16.5. The molecule has 2 heterocycles. The average Bonchev–Trinajstić information content (AvgIpc) is 2.97. The molecule has 0 unspecified atom stereocenters. The van der Waals surface area contributed by atoms with Gasteiger partial charge in [-0.15, -0.1) is 10.2 Å². The molecule has 24 heavy (non-hydrogen) atoms. The Morgan fingerprint density at radius 2 is 1.75 bits per heavy atom. The van der Waals surface area contributed by atoms with Crippen molar-refractivity contribution in [1.29, 1.82) is 0 Å². The Bertz CT molecular complexity index is 854. The lowest BCUT2D eigenvalue weighted by Gasteiger charge is -2.29. The third-order valence-corrected chi connectivity index (χ3v) is 4.63. The Morgan fingerprint density at radius 3 is 2.54 bits per heavy atom. The van der Waals surface area contributed by atoms with Crippen molar-refractivity contribution in [3.63, 3.8) is 0 Å². The highest BCUT2D eigenvalue weighted by molar-refractivity contribution is 5.40. The van der Waals surface area contributed by atoms with E-state index in [9.17, 15) is 4.39 Å². The minimum atomic E-state index is -0.218. The Labute approximate surface area is 140 Å². The standard InChI is InChI=1S/C19H19FN4/c1-23-18(12-14-6-8-17(20)9-7-14)21-22-19(23)24-11-10-15-4-2-3-5-16(15)13-24/h2-9H,10-13H2,1H3. The zero-order valence-corrected chi connectivity index (χ0v) is 13.6. The van der Waals surface area contributed by atoms with Crippen LogP contribution in [-0.2, 0) is 26.4 Å². The van der Waals surface area contributed by atoms with Gasteiger partial charge in [0.15, 0.2) is 0 Å². The van der Waals surface area contributed by atoms with Crippen LogP contribution in [0.2, 0.25) is 0 Å². The molecule has 0 bridgehead atoms. The van der Waals surface area contributed by atoms with E-state index in [0.717, 1.165) is 36.8 Å². The molecule has 0 atom stereocenters. The van der Waals surface area contributed by atoms with Crippen LogP contribution in [-0.4, -0.2) is 21.3 Å². The van der Waals surface area contributed by atoms with Crippen molar-refractivity contribution in [3.8, 4) is 0 Å². The first kappa shape index (κ1) is 14.9. The molecule has 0 aliphatic carbocycles. The van der Waals surface area contributed by atoms with Crippen LogP contribution in [0.3, 0.4) is 0 Å². The van der Waals surface area contributed by atoms with Crippen LogP contribution in [0, 0.1) is 5.82 Å². The maximum atomic E-state index is 13.0. The van der Waals surface area contributed by atoms with Crippen molar-refractivity contribution in [2.75, 3.05) is 11.4 Å². The molecular weight excluding hydrogens is 303 g/mol. The number of benzene rings is 2. The molecule has 1 aromatic heterocycles. The summed E-state index contributed by atoms with van der Waals surface area (Å²) in [4.78, 5) is 2.27. The molecule has 0 fully saturated rings. The monoisotopic (exact) mass is 322 g/mol. The van der Waals surface area contributed by atoms with Crippen LogP contribution < -0.4 is 4.90 Å². The SMILES string of the molecule is Cn1c(Cc2ccc(F)cc2)nnc1N1CCc2ccccc2C1. The minimum Gasteiger partial charge on any atom is -0.336 e. The van der Waals surface area contributed by atoms with Gasteiger partial charge in [-0.1, -0.05) is 36.4 Å². The number of fused-ring (bicyclic) bond motifs is 1. The van der Waals surface area contributed by atoms with E-state index < -0.39 is 0 Å². The first-order valence-corrected chi connectivity index (χ1v) is 8.15. The molecule has 5 heteroatoms. The van der Waals surface area contributed by atoms with E-state index >= 15 is 0 Å². The number of aromatic nitrogens is 3. The first-order valence-electron chi connectivity index (χ1n) is 8.15. The molecule has 1 aliphatic heterocycles. The molecule has 2 aromatic carbocycles. The van der Waals surface area contributed by atoms with Crippen molar-refractivity contribution in [3.05, 3.63) is 76.9 Å². The Kier molecular flexibility index (Phi) is 3.76. The summed E-state index contributed by atoms with van der Waals surface area (Å²) in [6.45, 7) is 1.80. The molecule has 0 saturated heterocycles. The fourth-order valence-electron chi connectivity index (χ4n) is 3.23. The Hall–Kier alpha value is -2.69. The minimum absolute atomic E-state index is 0.218. The average molecular weight is 322 g/mol. The van der Waals surface area contributed by atoms with Gasteiger partial charge in [-0.25, -0.2) is 4.39 Å². The second kappa shape index (κ2) is 6.07. The number of nitrogens with zero attached hydrogens (tertiary/aromatic N) is 4. The predicted molar refractivity (Wildman–Crippen MR) is 91.4 cm³/mol. The summed E-state index contributed by atoms with van der Waals surface area (Å²) in [7, 11) is 1.99. The summed E-state index contributed by atoms with van der Waals surface area (Å²) in [5.74, 6) is 1.56. The number of rotatable bonds is 3. The van der Waals surface area contributed by atoms with Crippen LogP contribution in [0.25, 0.3) is 0 Å². The van der Waals surface area contributed by atoms with Crippen LogP contribution in [0.4, 0.5) is 10.3 Å². The lowest BCUT2D eigenvalue weighted by Crippen LogP contribution is -2.32. The van der Waals surface area contributed by atoms with Gasteiger partial charge in [0, 0.05) is 26.6 Å². The van der Waals surface area contributed by atoms with Crippen LogP contribution in [0.1, 0.15) is 22.5 Å². The lowest BCUT2D eigenvalue weighted by atomic mass is 10.0. The van der Waals surface area contributed by atoms with Crippen molar-refractivity contribution in [2.45, 2.75) is 19.4 Å². The van der Waals surface area contributed by atoms with E-state index in [1.54, 1.807) is 12.1 Å². The second-order valence-corrected chi connectivity index (χ2v) is 6.22. The van der Waals surface area contributed by atoms with E-state index in [2.05, 4.69) is 39.4 Å². The molecule has 0 spiro atoms. The maximum Gasteiger partial charge on any atom is 0.227 e. The van der Waals surface area contributed by atoms with Crippen molar-refractivity contribution < 1.29 is 4.39 Å². The van der Waals surface area contributed by atoms with Gasteiger partial charge in [0.05, 0.1) is 0 Å².